The van der Waals surface area contributed by atoms with Gasteiger partial charge in [-0.25, -0.2) is 0 Å². The van der Waals surface area contributed by atoms with Crippen molar-refractivity contribution in [3.8, 4) is 0 Å². The van der Waals surface area contributed by atoms with Crippen molar-refractivity contribution in [3.05, 3.63) is 28.5 Å². The van der Waals surface area contributed by atoms with Gasteiger partial charge in [-0.2, -0.15) is 0 Å². The molecule has 0 fully saturated rings. The normalized spacial score (nSPS) is 11.6. The van der Waals surface area contributed by atoms with E-state index < -0.39 is 0 Å². The molecule has 1 N–H and O–H groups in total. The van der Waals surface area contributed by atoms with E-state index in [1.807, 2.05) is 0 Å². The predicted octanol–water partition coefficient (Wildman–Crippen LogP) is 2.22. The Morgan fingerprint density at radius 3 is 2.82 bits per heavy atom. The topological polar surface area (TPSA) is 45.5 Å². The SMILES string of the molecule is O/N=C(\Cl)c1ccc(Br)cn1. The second kappa shape index (κ2) is 3.69. The van der Waals surface area contributed by atoms with E-state index in [0.717, 1.165) is 4.47 Å². The Morgan fingerprint density at radius 1 is 1.64 bits per heavy atom. The Hall–Kier alpha value is -0.610. The molecule has 0 aromatic carbocycles. The number of aromatic nitrogens is 1. The van der Waals surface area contributed by atoms with Crippen LogP contribution in [0.3, 0.4) is 0 Å². The number of pyridine rings is 1. The van der Waals surface area contributed by atoms with Crippen molar-refractivity contribution < 1.29 is 5.21 Å². The van der Waals surface area contributed by atoms with Gasteiger partial charge in [0.25, 0.3) is 0 Å². The van der Waals surface area contributed by atoms with Gasteiger partial charge in [0.2, 0.25) is 0 Å². The molecule has 1 heterocycles. The van der Waals surface area contributed by atoms with Crippen LogP contribution in [0, 0.1) is 0 Å². The smallest absolute Gasteiger partial charge is 0.193 e. The number of rotatable bonds is 1. The van der Waals surface area contributed by atoms with Gasteiger partial charge in [0.05, 0.1) is 0 Å². The van der Waals surface area contributed by atoms with Crippen LogP contribution in [0.1, 0.15) is 5.69 Å². The number of halogens is 2. The highest BCUT2D eigenvalue weighted by Gasteiger charge is 1.99. The first-order valence-corrected chi connectivity index (χ1v) is 3.90. The molecule has 0 saturated heterocycles. The molecular weight excluding hydrogens is 231 g/mol. The molecule has 58 valence electrons. The van der Waals surface area contributed by atoms with Gasteiger partial charge < -0.3 is 5.21 Å². The van der Waals surface area contributed by atoms with E-state index in [-0.39, 0.29) is 5.17 Å². The number of nitrogens with zero attached hydrogens (tertiary/aromatic N) is 2. The minimum atomic E-state index is -0.0162. The first-order valence-electron chi connectivity index (χ1n) is 2.73. The molecule has 0 spiro atoms. The van der Waals surface area contributed by atoms with Crippen molar-refractivity contribution in [1.82, 2.24) is 4.98 Å². The lowest BCUT2D eigenvalue weighted by Gasteiger charge is -1.93. The zero-order chi connectivity index (χ0) is 8.27. The molecule has 0 unspecified atom stereocenters. The fourth-order valence-corrected chi connectivity index (χ4v) is 0.895. The second-order valence-electron chi connectivity index (χ2n) is 1.75. The summed E-state index contributed by atoms with van der Waals surface area (Å²) in [6.45, 7) is 0. The molecule has 0 radical (unpaired) electrons. The summed E-state index contributed by atoms with van der Waals surface area (Å²) in [4.78, 5) is 3.88. The van der Waals surface area contributed by atoms with Crippen molar-refractivity contribution >= 4 is 32.7 Å². The number of oxime groups is 1. The van der Waals surface area contributed by atoms with Gasteiger partial charge in [0, 0.05) is 10.7 Å². The van der Waals surface area contributed by atoms with Crippen LogP contribution in [0.15, 0.2) is 28.0 Å². The first-order chi connectivity index (χ1) is 5.24. The highest BCUT2D eigenvalue weighted by atomic mass is 79.9. The van der Waals surface area contributed by atoms with Crippen LogP contribution in [0.4, 0.5) is 0 Å². The molecule has 0 saturated carbocycles. The number of hydrogen-bond donors (Lipinski definition) is 1. The standard InChI is InChI=1S/C6H4BrClN2O/c7-4-1-2-5(9-3-4)6(8)10-11/h1-3,11H/b10-6-. The third-order valence-electron chi connectivity index (χ3n) is 1.03. The fraction of sp³-hybridized carbons (Fsp3) is 0. The molecule has 5 heteroatoms. The molecule has 0 atom stereocenters. The Labute approximate surface area is 76.8 Å². The van der Waals surface area contributed by atoms with Gasteiger partial charge in [0.15, 0.2) is 5.17 Å². The maximum atomic E-state index is 8.26. The molecule has 1 aromatic rings. The van der Waals surface area contributed by atoms with Crippen LogP contribution in [-0.4, -0.2) is 15.4 Å². The first kappa shape index (κ1) is 8.49. The third-order valence-corrected chi connectivity index (χ3v) is 1.76. The van der Waals surface area contributed by atoms with Gasteiger partial charge >= 0.3 is 0 Å². The average molecular weight is 235 g/mol. The van der Waals surface area contributed by atoms with Crippen LogP contribution < -0.4 is 0 Å². The lowest BCUT2D eigenvalue weighted by Crippen LogP contribution is -1.93. The predicted molar refractivity (Wildman–Crippen MR) is 46.1 cm³/mol. The Kier molecular flexibility index (Phi) is 2.84. The lowest BCUT2D eigenvalue weighted by atomic mass is 10.4. The molecule has 0 bridgehead atoms. The van der Waals surface area contributed by atoms with E-state index in [1.165, 1.54) is 0 Å². The van der Waals surface area contributed by atoms with Crippen LogP contribution in [0.25, 0.3) is 0 Å². The molecule has 11 heavy (non-hydrogen) atoms. The third kappa shape index (κ3) is 2.17. The monoisotopic (exact) mass is 234 g/mol. The van der Waals surface area contributed by atoms with Crippen LogP contribution in [-0.2, 0) is 0 Å². The van der Waals surface area contributed by atoms with Crippen molar-refractivity contribution in [1.29, 1.82) is 0 Å². The highest BCUT2D eigenvalue weighted by molar-refractivity contribution is 9.10. The largest absolute Gasteiger partial charge is 0.410 e. The molecule has 1 aromatic heterocycles. The van der Waals surface area contributed by atoms with Crippen LogP contribution in [0.5, 0.6) is 0 Å². The van der Waals surface area contributed by atoms with E-state index in [2.05, 4.69) is 26.1 Å². The van der Waals surface area contributed by atoms with Crippen LogP contribution in [0.2, 0.25) is 0 Å². The van der Waals surface area contributed by atoms with E-state index in [9.17, 15) is 0 Å². The van der Waals surface area contributed by atoms with E-state index in [0.29, 0.717) is 5.69 Å². The summed E-state index contributed by atoms with van der Waals surface area (Å²) in [6, 6.07) is 3.40. The van der Waals surface area contributed by atoms with Crippen molar-refractivity contribution in [3.63, 3.8) is 0 Å². The molecule has 1 rings (SSSR count). The zero-order valence-electron chi connectivity index (χ0n) is 5.33. The Morgan fingerprint density at radius 2 is 2.36 bits per heavy atom. The van der Waals surface area contributed by atoms with Crippen molar-refractivity contribution in [2.24, 2.45) is 5.16 Å². The quantitative estimate of drug-likeness (QED) is 0.461. The minimum Gasteiger partial charge on any atom is -0.410 e. The number of hydrogen-bond acceptors (Lipinski definition) is 3. The summed E-state index contributed by atoms with van der Waals surface area (Å²) >= 11 is 8.67. The van der Waals surface area contributed by atoms with Crippen molar-refractivity contribution in [2.45, 2.75) is 0 Å². The maximum absolute atomic E-state index is 8.26. The zero-order valence-corrected chi connectivity index (χ0v) is 7.67. The Bertz CT molecular complexity index is 272. The van der Waals surface area contributed by atoms with Gasteiger partial charge in [-0.1, -0.05) is 16.8 Å². The molecule has 0 aliphatic heterocycles. The van der Waals surface area contributed by atoms with E-state index >= 15 is 0 Å². The minimum absolute atomic E-state index is 0.0162. The highest BCUT2D eigenvalue weighted by Crippen LogP contribution is 2.08. The van der Waals surface area contributed by atoms with Crippen molar-refractivity contribution in [2.75, 3.05) is 0 Å². The van der Waals surface area contributed by atoms with Crippen LogP contribution >= 0.6 is 27.5 Å². The summed E-state index contributed by atoms with van der Waals surface area (Å²) in [6.07, 6.45) is 1.57. The lowest BCUT2D eigenvalue weighted by molar-refractivity contribution is 0.320. The van der Waals surface area contributed by atoms with E-state index in [1.54, 1.807) is 18.3 Å². The molecule has 0 amide bonds. The summed E-state index contributed by atoms with van der Waals surface area (Å²) in [5.74, 6) is 0. The Balaban J connectivity index is 2.99. The van der Waals surface area contributed by atoms with Gasteiger partial charge in [0.1, 0.15) is 5.69 Å². The average Bonchev–Trinajstić information content (AvgIpc) is 2.05. The summed E-state index contributed by atoms with van der Waals surface area (Å²) in [5.41, 5.74) is 0.442. The molecule has 3 nitrogen and oxygen atoms in total. The summed E-state index contributed by atoms with van der Waals surface area (Å²) < 4.78 is 0.851. The van der Waals surface area contributed by atoms with E-state index in [4.69, 9.17) is 16.8 Å². The summed E-state index contributed by atoms with van der Waals surface area (Å²) in [7, 11) is 0. The second-order valence-corrected chi connectivity index (χ2v) is 3.03. The molecule has 0 aliphatic rings. The van der Waals surface area contributed by atoms with Gasteiger partial charge in [-0.15, -0.1) is 0 Å². The van der Waals surface area contributed by atoms with Gasteiger partial charge in [-0.3, -0.25) is 4.98 Å². The molecular formula is C6H4BrClN2O. The fourth-order valence-electron chi connectivity index (χ4n) is 0.549. The molecule has 0 aliphatic carbocycles. The summed E-state index contributed by atoms with van der Waals surface area (Å²) in [5, 5.41) is 11.0. The maximum Gasteiger partial charge on any atom is 0.193 e. The van der Waals surface area contributed by atoms with Gasteiger partial charge in [-0.05, 0) is 28.1 Å².